The van der Waals surface area contributed by atoms with E-state index in [1.54, 1.807) is 0 Å². The first-order valence-electron chi connectivity index (χ1n) is 6.30. The largest absolute Gasteiger partial charge is 0.396 e. The average molecular weight is 221 g/mol. The van der Waals surface area contributed by atoms with Gasteiger partial charge in [0.05, 0.1) is 0 Å². The third-order valence-corrected chi connectivity index (χ3v) is 1.44. The van der Waals surface area contributed by atoms with E-state index in [0.717, 1.165) is 45.4 Å². The Bertz CT molecular complexity index is 62.6. The van der Waals surface area contributed by atoms with Gasteiger partial charge in [-0.2, -0.15) is 0 Å². The molecule has 0 amide bonds. The van der Waals surface area contributed by atoms with Crippen LogP contribution in [0.25, 0.3) is 0 Å². The number of hydrogen-bond donors (Lipinski definition) is 2. The van der Waals surface area contributed by atoms with Crippen molar-refractivity contribution < 1.29 is 9.84 Å². The van der Waals surface area contributed by atoms with Crippen molar-refractivity contribution in [1.82, 2.24) is 0 Å². The number of rotatable bonds is 8. The smallest absolute Gasteiger partial charge is 0.0466 e. The fourth-order valence-corrected chi connectivity index (χ4v) is 0.766. The van der Waals surface area contributed by atoms with Gasteiger partial charge in [0, 0.05) is 19.8 Å². The Labute approximate surface area is 96.0 Å². The Morgan fingerprint density at radius 3 is 1.73 bits per heavy atom. The molecule has 3 nitrogen and oxygen atoms in total. The molecule has 0 aliphatic carbocycles. The maximum absolute atomic E-state index is 8.43. The van der Waals surface area contributed by atoms with Gasteiger partial charge < -0.3 is 15.6 Å². The molecule has 0 unspecified atom stereocenters. The highest BCUT2D eigenvalue weighted by Gasteiger charge is 1.88. The van der Waals surface area contributed by atoms with Gasteiger partial charge in [-0.1, -0.05) is 27.7 Å². The molecule has 0 aromatic rings. The Kier molecular flexibility index (Phi) is 39.5. The Morgan fingerprint density at radius 2 is 1.33 bits per heavy atom. The Hall–Kier alpha value is -0.120. The molecule has 96 valence electrons. The van der Waals surface area contributed by atoms with Gasteiger partial charge in [-0.25, -0.2) is 0 Å². The minimum atomic E-state index is 0.270. The van der Waals surface area contributed by atoms with Crippen molar-refractivity contribution in [2.24, 2.45) is 5.73 Å². The molecular formula is C12H31NO2. The Balaban J connectivity index is -0.000000318. The molecule has 3 heteroatoms. The second kappa shape index (κ2) is 29.2. The van der Waals surface area contributed by atoms with Crippen LogP contribution in [-0.2, 0) is 4.74 Å². The highest BCUT2D eigenvalue weighted by atomic mass is 16.5. The SMILES string of the molecule is CC.CC.NCCCCOCCCCO. The molecule has 0 heterocycles. The molecule has 0 spiro atoms. The molecule has 0 rings (SSSR count). The first-order valence-corrected chi connectivity index (χ1v) is 6.30. The van der Waals surface area contributed by atoms with Crippen LogP contribution in [0.3, 0.4) is 0 Å². The summed E-state index contributed by atoms with van der Waals surface area (Å²) >= 11 is 0. The summed E-state index contributed by atoms with van der Waals surface area (Å²) < 4.78 is 5.27. The monoisotopic (exact) mass is 221 g/mol. The zero-order valence-corrected chi connectivity index (χ0v) is 11.1. The molecule has 0 aliphatic heterocycles. The van der Waals surface area contributed by atoms with Crippen LogP contribution in [-0.4, -0.2) is 31.5 Å². The predicted octanol–water partition coefficient (Wildman–Crippen LogP) is 2.57. The van der Waals surface area contributed by atoms with Crippen LogP contribution in [0.15, 0.2) is 0 Å². The number of aliphatic hydroxyl groups excluding tert-OH is 1. The normalized spacial score (nSPS) is 8.40. The molecule has 0 fully saturated rings. The van der Waals surface area contributed by atoms with Gasteiger partial charge in [-0.15, -0.1) is 0 Å². The van der Waals surface area contributed by atoms with Crippen LogP contribution in [0.2, 0.25) is 0 Å². The molecule has 0 radical (unpaired) electrons. The van der Waals surface area contributed by atoms with Gasteiger partial charge in [-0.3, -0.25) is 0 Å². The zero-order chi connectivity index (χ0) is 12.4. The summed E-state index contributed by atoms with van der Waals surface area (Å²) in [6.07, 6.45) is 3.89. The molecule has 0 aliphatic rings. The van der Waals surface area contributed by atoms with Crippen LogP contribution in [0, 0.1) is 0 Å². The van der Waals surface area contributed by atoms with Crippen LogP contribution in [0.5, 0.6) is 0 Å². The minimum absolute atomic E-state index is 0.270. The van der Waals surface area contributed by atoms with E-state index in [0.29, 0.717) is 0 Å². The molecule has 3 N–H and O–H groups in total. The maximum atomic E-state index is 8.43. The zero-order valence-electron chi connectivity index (χ0n) is 11.1. The summed E-state index contributed by atoms with van der Waals surface area (Å²) in [6, 6.07) is 0. The van der Waals surface area contributed by atoms with Crippen molar-refractivity contribution in [3.05, 3.63) is 0 Å². The van der Waals surface area contributed by atoms with Crippen molar-refractivity contribution >= 4 is 0 Å². The van der Waals surface area contributed by atoms with Crippen LogP contribution in [0.1, 0.15) is 53.4 Å². The number of hydrogen-bond acceptors (Lipinski definition) is 3. The van der Waals surface area contributed by atoms with E-state index in [-0.39, 0.29) is 6.61 Å². The van der Waals surface area contributed by atoms with Crippen molar-refractivity contribution in [2.45, 2.75) is 53.4 Å². The van der Waals surface area contributed by atoms with E-state index in [1.807, 2.05) is 27.7 Å². The van der Waals surface area contributed by atoms with E-state index in [1.165, 1.54) is 0 Å². The number of aliphatic hydroxyl groups is 1. The molecule has 0 bridgehead atoms. The molecule has 15 heavy (non-hydrogen) atoms. The van der Waals surface area contributed by atoms with E-state index in [9.17, 15) is 0 Å². The van der Waals surface area contributed by atoms with E-state index >= 15 is 0 Å². The lowest BCUT2D eigenvalue weighted by atomic mass is 10.3. The molecular weight excluding hydrogens is 190 g/mol. The van der Waals surface area contributed by atoms with Gasteiger partial charge in [0.1, 0.15) is 0 Å². The summed E-state index contributed by atoms with van der Waals surface area (Å²) in [5.74, 6) is 0. The fraction of sp³-hybridized carbons (Fsp3) is 1.00. The molecule has 0 atom stereocenters. The third-order valence-electron chi connectivity index (χ3n) is 1.44. The second-order valence-corrected chi connectivity index (χ2v) is 2.54. The topological polar surface area (TPSA) is 55.5 Å². The summed E-state index contributed by atoms with van der Waals surface area (Å²) in [5.41, 5.74) is 5.30. The van der Waals surface area contributed by atoms with Gasteiger partial charge in [-0.05, 0) is 32.2 Å². The maximum Gasteiger partial charge on any atom is 0.0466 e. The van der Waals surface area contributed by atoms with Crippen molar-refractivity contribution in [2.75, 3.05) is 26.4 Å². The highest BCUT2D eigenvalue weighted by molar-refractivity contribution is 4.40. The lowest BCUT2D eigenvalue weighted by molar-refractivity contribution is 0.122. The van der Waals surface area contributed by atoms with Crippen LogP contribution >= 0.6 is 0 Å². The number of unbranched alkanes of at least 4 members (excludes halogenated alkanes) is 2. The van der Waals surface area contributed by atoms with Crippen LogP contribution < -0.4 is 5.73 Å². The third kappa shape index (κ3) is 31.5. The lowest BCUT2D eigenvalue weighted by Crippen LogP contribution is -2.02. The number of ether oxygens (including phenoxy) is 1. The van der Waals surface area contributed by atoms with E-state index in [2.05, 4.69) is 0 Å². The van der Waals surface area contributed by atoms with Crippen molar-refractivity contribution in [3.63, 3.8) is 0 Å². The fourth-order valence-electron chi connectivity index (χ4n) is 0.766. The van der Waals surface area contributed by atoms with Gasteiger partial charge in [0.25, 0.3) is 0 Å². The number of nitrogens with two attached hydrogens (primary N) is 1. The second-order valence-electron chi connectivity index (χ2n) is 2.54. The van der Waals surface area contributed by atoms with Gasteiger partial charge >= 0.3 is 0 Å². The van der Waals surface area contributed by atoms with Crippen molar-refractivity contribution in [3.8, 4) is 0 Å². The lowest BCUT2D eigenvalue weighted by Gasteiger charge is -2.01. The van der Waals surface area contributed by atoms with E-state index < -0.39 is 0 Å². The van der Waals surface area contributed by atoms with Crippen LogP contribution in [0.4, 0.5) is 0 Å². The average Bonchev–Trinajstić information content (AvgIpc) is 2.33. The van der Waals surface area contributed by atoms with Crippen molar-refractivity contribution in [1.29, 1.82) is 0 Å². The van der Waals surface area contributed by atoms with Gasteiger partial charge in [0.15, 0.2) is 0 Å². The predicted molar refractivity (Wildman–Crippen MR) is 68.1 cm³/mol. The molecule has 0 aromatic heterocycles. The molecule has 0 saturated carbocycles. The Morgan fingerprint density at radius 1 is 0.867 bits per heavy atom. The minimum Gasteiger partial charge on any atom is -0.396 e. The highest BCUT2D eigenvalue weighted by Crippen LogP contribution is 1.91. The standard InChI is InChI=1S/C8H19NO2.2C2H6/c9-5-1-3-7-11-8-4-2-6-10;2*1-2/h10H,1-9H2;2*1-2H3. The first-order chi connectivity index (χ1) is 7.41. The summed E-state index contributed by atoms with van der Waals surface area (Å²) in [7, 11) is 0. The van der Waals surface area contributed by atoms with E-state index in [4.69, 9.17) is 15.6 Å². The summed E-state index contributed by atoms with van der Waals surface area (Å²) in [5, 5.41) is 8.43. The summed E-state index contributed by atoms with van der Waals surface area (Å²) in [4.78, 5) is 0. The first kappa shape index (κ1) is 20.3. The quantitative estimate of drug-likeness (QED) is 0.619. The van der Waals surface area contributed by atoms with Gasteiger partial charge in [0.2, 0.25) is 0 Å². The molecule has 0 saturated heterocycles. The summed E-state index contributed by atoms with van der Waals surface area (Å²) in [6.45, 7) is 10.6. The molecule has 0 aromatic carbocycles.